The lowest BCUT2D eigenvalue weighted by atomic mass is 10.0. The summed E-state index contributed by atoms with van der Waals surface area (Å²) in [6.07, 6.45) is 2.23. The fraction of sp³-hybridized carbons (Fsp3) is 0.0455. The van der Waals surface area contributed by atoms with E-state index < -0.39 is 0 Å². The third-order valence-electron chi connectivity index (χ3n) is 4.75. The van der Waals surface area contributed by atoms with Gasteiger partial charge >= 0.3 is 0 Å². The Bertz CT molecular complexity index is 1070. The number of hydrogen-bond acceptors (Lipinski definition) is 0. The van der Waals surface area contributed by atoms with Gasteiger partial charge in [-0.2, -0.15) is 4.58 Å². The van der Waals surface area contributed by atoms with E-state index >= 15 is 0 Å². The van der Waals surface area contributed by atoms with Crippen LogP contribution in [0.15, 0.2) is 84.9 Å². The largest absolute Gasteiger partial charge is 0.279 e. The molecule has 2 heterocycles. The predicted octanol–water partition coefficient (Wildman–Crippen LogP) is 5.04. The highest BCUT2D eigenvalue weighted by molar-refractivity contribution is 5.96. The molecule has 3 aromatic carbocycles. The van der Waals surface area contributed by atoms with E-state index in [1.54, 1.807) is 0 Å². The van der Waals surface area contributed by atoms with Crippen molar-refractivity contribution in [1.29, 1.82) is 0 Å². The number of aromatic nitrogens is 1. The molecule has 1 aliphatic heterocycles. The van der Waals surface area contributed by atoms with Gasteiger partial charge in [0.1, 0.15) is 5.69 Å². The van der Waals surface area contributed by atoms with Crippen LogP contribution < -0.4 is 0 Å². The highest BCUT2D eigenvalue weighted by atomic mass is 15.2. The summed E-state index contributed by atoms with van der Waals surface area (Å²) < 4.78 is 4.68. The standard InChI is InChI=1S/C22H17N2/c1-2-9-18(10-3-1)23-15-19-13-14-22(24(19)16-23)21-12-6-8-17-7-4-5-11-20(17)21/h1-15H,16H2/q+1. The van der Waals surface area contributed by atoms with E-state index in [1.165, 1.54) is 33.4 Å². The van der Waals surface area contributed by atoms with Crippen LogP contribution in [0, 0.1) is 0 Å². The van der Waals surface area contributed by atoms with Crippen LogP contribution in [0.1, 0.15) is 5.69 Å². The second-order valence-electron chi connectivity index (χ2n) is 6.17. The zero-order valence-corrected chi connectivity index (χ0v) is 13.3. The van der Waals surface area contributed by atoms with Crippen LogP contribution in [0.4, 0.5) is 5.69 Å². The van der Waals surface area contributed by atoms with Crippen LogP contribution in [-0.2, 0) is 6.67 Å². The zero-order valence-electron chi connectivity index (χ0n) is 13.3. The molecule has 0 bridgehead atoms. The number of nitrogens with zero attached hydrogens (tertiary/aromatic N) is 2. The number of hydrogen-bond donors (Lipinski definition) is 0. The molecule has 1 aliphatic rings. The second-order valence-corrected chi connectivity index (χ2v) is 6.17. The third kappa shape index (κ3) is 2.00. The quantitative estimate of drug-likeness (QED) is 0.458. The summed E-state index contributed by atoms with van der Waals surface area (Å²) in [6, 6.07) is 30.1. The average Bonchev–Trinajstić information content (AvgIpc) is 3.23. The normalized spacial score (nSPS) is 13.1. The molecule has 0 fully saturated rings. The lowest BCUT2D eigenvalue weighted by molar-refractivity contribution is -0.463. The van der Waals surface area contributed by atoms with Crippen LogP contribution in [0.2, 0.25) is 0 Å². The summed E-state index contributed by atoms with van der Waals surface area (Å²) in [5.41, 5.74) is 5.05. The van der Waals surface area contributed by atoms with Gasteiger partial charge in [0.25, 0.3) is 0 Å². The van der Waals surface area contributed by atoms with Crippen LogP contribution >= 0.6 is 0 Å². The highest BCUT2D eigenvalue weighted by Crippen LogP contribution is 2.31. The molecule has 0 atom stereocenters. The molecule has 24 heavy (non-hydrogen) atoms. The molecule has 0 radical (unpaired) electrons. The summed E-state index contributed by atoms with van der Waals surface area (Å²) in [5, 5.41) is 2.59. The molecule has 0 aliphatic carbocycles. The molecule has 0 saturated carbocycles. The van der Waals surface area contributed by atoms with E-state index in [4.69, 9.17) is 0 Å². The molecule has 2 heteroatoms. The first-order valence-corrected chi connectivity index (χ1v) is 8.24. The number of rotatable bonds is 2. The summed E-state index contributed by atoms with van der Waals surface area (Å²) in [4.78, 5) is 0. The van der Waals surface area contributed by atoms with Crippen molar-refractivity contribution in [3.8, 4) is 11.3 Å². The second kappa shape index (κ2) is 5.20. The van der Waals surface area contributed by atoms with Crippen molar-refractivity contribution in [1.82, 2.24) is 4.57 Å². The van der Waals surface area contributed by atoms with Gasteiger partial charge in [-0.05, 0) is 22.9 Å². The molecule has 4 aromatic rings. The first-order chi connectivity index (χ1) is 11.9. The Morgan fingerprint density at radius 2 is 1.50 bits per heavy atom. The minimum absolute atomic E-state index is 0.852. The Kier molecular flexibility index (Phi) is 2.89. The number of fused-ring (bicyclic) bond motifs is 2. The molecular formula is C22H17N2+. The van der Waals surface area contributed by atoms with E-state index in [1.807, 2.05) is 0 Å². The fourth-order valence-corrected chi connectivity index (χ4v) is 3.57. The van der Waals surface area contributed by atoms with Crippen molar-refractivity contribution >= 4 is 22.7 Å². The highest BCUT2D eigenvalue weighted by Gasteiger charge is 2.23. The predicted molar refractivity (Wildman–Crippen MR) is 98.9 cm³/mol. The smallest absolute Gasteiger partial charge is 0.228 e. The monoisotopic (exact) mass is 309 g/mol. The maximum absolute atomic E-state index is 2.38. The first-order valence-electron chi connectivity index (χ1n) is 8.24. The Morgan fingerprint density at radius 1 is 0.708 bits per heavy atom. The third-order valence-corrected chi connectivity index (χ3v) is 4.75. The number of benzene rings is 3. The lowest BCUT2D eigenvalue weighted by Gasteiger charge is -2.09. The Labute approximate surface area is 140 Å². The maximum Gasteiger partial charge on any atom is 0.228 e. The van der Waals surface area contributed by atoms with Gasteiger partial charge in [-0.15, -0.1) is 0 Å². The van der Waals surface area contributed by atoms with E-state index in [0.29, 0.717) is 0 Å². The van der Waals surface area contributed by atoms with Gasteiger partial charge in [-0.25, -0.2) is 0 Å². The van der Waals surface area contributed by atoms with Crippen molar-refractivity contribution in [3.05, 3.63) is 90.6 Å². The van der Waals surface area contributed by atoms with Gasteiger partial charge in [0.15, 0.2) is 6.21 Å². The molecule has 5 rings (SSSR count). The molecule has 0 saturated heterocycles. The van der Waals surface area contributed by atoms with Gasteiger partial charge in [-0.3, -0.25) is 4.57 Å². The van der Waals surface area contributed by atoms with Gasteiger partial charge < -0.3 is 0 Å². The summed E-state index contributed by atoms with van der Waals surface area (Å²) in [5.74, 6) is 0. The van der Waals surface area contributed by atoms with E-state index in [0.717, 1.165) is 6.67 Å². The van der Waals surface area contributed by atoms with Gasteiger partial charge in [0, 0.05) is 17.7 Å². The number of para-hydroxylation sites is 1. The van der Waals surface area contributed by atoms with Crippen molar-refractivity contribution in [2.24, 2.45) is 0 Å². The maximum atomic E-state index is 2.38. The van der Waals surface area contributed by atoms with E-state index in [2.05, 4.69) is 100 Å². The molecule has 0 amide bonds. The lowest BCUT2D eigenvalue weighted by Crippen LogP contribution is -2.05. The van der Waals surface area contributed by atoms with Crippen molar-refractivity contribution in [2.45, 2.75) is 6.67 Å². The molecule has 1 aromatic heterocycles. The van der Waals surface area contributed by atoms with E-state index in [-0.39, 0.29) is 0 Å². The Morgan fingerprint density at radius 3 is 2.42 bits per heavy atom. The van der Waals surface area contributed by atoms with Crippen LogP contribution in [0.25, 0.3) is 22.0 Å². The van der Waals surface area contributed by atoms with Gasteiger partial charge in [0.05, 0.1) is 5.69 Å². The van der Waals surface area contributed by atoms with Gasteiger partial charge in [0.2, 0.25) is 12.4 Å². The Balaban J connectivity index is 1.62. The molecule has 2 nitrogen and oxygen atoms in total. The van der Waals surface area contributed by atoms with Crippen molar-refractivity contribution in [2.75, 3.05) is 0 Å². The van der Waals surface area contributed by atoms with E-state index in [9.17, 15) is 0 Å². The fourth-order valence-electron chi connectivity index (χ4n) is 3.57. The van der Waals surface area contributed by atoms with Crippen LogP contribution in [-0.4, -0.2) is 15.4 Å². The Hall–Kier alpha value is -3.13. The topological polar surface area (TPSA) is 7.94 Å². The molecule has 0 spiro atoms. The van der Waals surface area contributed by atoms with Gasteiger partial charge in [-0.1, -0.05) is 60.7 Å². The first kappa shape index (κ1) is 13.3. The molecular weight excluding hydrogens is 292 g/mol. The van der Waals surface area contributed by atoms with Crippen molar-refractivity contribution < 1.29 is 4.58 Å². The average molecular weight is 309 g/mol. The summed E-state index contributed by atoms with van der Waals surface area (Å²) in [6.45, 7) is 0.852. The minimum atomic E-state index is 0.852. The van der Waals surface area contributed by atoms with Crippen LogP contribution in [0.5, 0.6) is 0 Å². The summed E-state index contributed by atoms with van der Waals surface area (Å²) >= 11 is 0. The molecule has 114 valence electrons. The SMILES string of the molecule is C1=[N+](c2ccccc2)Cn2c1ccc2-c1cccc2ccccc12. The molecule has 0 N–H and O–H groups in total. The molecule has 0 unspecified atom stereocenters. The van der Waals surface area contributed by atoms with Crippen LogP contribution in [0.3, 0.4) is 0 Å². The summed E-state index contributed by atoms with van der Waals surface area (Å²) in [7, 11) is 0. The zero-order chi connectivity index (χ0) is 15.9. The minimum Gasteiger partial charge on any atom is -0.279 e. The van der Waals surface area contributed by atoms with Crippen molar-refractivity contribution in [3.63, 3.8) is 0 Å².